The van der Waals surface area contributed by atoms with Crippen molar-refractivity contribution in [2.75, 3.05) is 11.9 Å². The molecule has 15 heavy (non-hydrogen) atoms. The minimum atomic E-state index is -0.243. The number of urea groups is 1. The average Bonchev–Trinajstić information content (AvgIpc) is 2.70. The van der Waals surface area contributed by atoms with Crippen LogP contribution in [0.25, 0.3) is 0 Å². The van der Waals surface area contributed by atoms with Crippen LogP contribution >= 0.6 is 11.5 Å². The van der Waals surface area contributed by atoms with Crippen molar-refractivity contribution in [3.05, 3.63) is 31.0 Å². The number of aromatic nitrogens is 2. The number of carbonyl (C=O) groups is 1. The van der Waals surface area contributed by atoms with Crippen molar-refractivity contribution in [3.63, 3.8) is 0 Å². The Bertz CT molecular complexity index is 334. The van der Waals surface area contributed by atoms with Crippen molar-refractivity contribution in [2.24, 2.45) is 0 Å². The van der Waals surface area contributed by atoms with Gasteiger partial charge in [0.25, 0.3) is 0 Å². The fourth-order valence-electron chi connectivity index (χ4n) is 0.840. The van der Waals surface area contributed by atoms with E-state index < -0.39 is 0 Å². The van der Waals surface area contributed by atoms with Gasteiger partial charge in [0.1, 0.15) is 5.00 Å². The predicted molar refractivity (Wildman–Crippen MR) is 60.9 cm³/mol. The highest BCUT2D eigenvalue weighted by molar-refractivity contribution is 7.10. The number of amides is 2. The summed E-state index contributed by atoms with van der Waals surface area (Å²) in [5, 5.41) is 9.54. The summed E-state index contributed by atoms with van der Waals surface area (Å²) in [6, 6.07) is -0.243. The molecule has 0 saturated heterocycles. The van der Waals surface area contributed by atoms with E-state index in [-0.39, 0.29) is 6.03 Å². The molecule has 0 atom stereocenters. The van der Waals surface area contributed by atoms with E-state index in [1.54, 1.807) is 6.08 Å². The second-order valence-corrected chi connectivity index (χ2v) is 3.40. The Morgan fingerprint density at radius 2 is 2.53 bits per heavy atom. The van der Waals surface area contributed by atoms with Crippen LogP contribution in [0.4, 0.5) is 9.80 Å². The molecule has 0 spiro atoms. The van der Waals surface area contributed by atoms with E-state index in [1.165, 1.54) is 6.20 Å². The standard InChI is InChI=1S/C9H12N4OS/c1-2-3-4-5-6-10-9(14)12-8-7-11-13-15-8/h2-4,7H,1,5-6H2,(H2,10,12,14). The first-order chi connectivity index (χ1) is 7.33. The number of nitrogens with zero attached hydrogens (tertiary/aromatic N) is 2. The monoisotopic (exact) mass is 224 g/mol. The van der Waals surface area contributed by atoms with Gasteiger partial charge in [0.2, 0.25) is 0 Å². The van der Waals surface area contributed by atoms with Crippen molar-refractivity contribution in [2.45, 2.75) is 6.42 Å². The number of nitrogens with one attached hydrogen (secondary N) is 2. The highest BCUT2D eigenvalue weighted by Crippen LogP contribution is 2.07. The van der Waals surface area contributed by atoms with Gasteiger partial charge in [-0.3, -0.25) is 5.32 Å². The van der Waals surface area contributed by atoms with Crippen LogP contribution in [0, 0.1) is 0 Å². The fourth-order valence-corrected chi connectivity index (χ4v) is 1.25. The molecule has 1 aromatic rings. The van der Waals surface area contributed by atoms with E-state index >= 15 is 0 Å². The SMILES string of the molecule is C=CC=CCCNC(=O)Nc1cnns1. The molecule has 0 saturated carbocycles. The van der Waals surface area contributed by atoms with Gasteiger partial charge in [0, 0.05) is 18.1 Å². The molecule has 80 valence electrons. The lowest BCUT2D eigenvalue weighted by molar-refractivity contribution is 0.252. The molecule has 0 bridgehead atoms. The third-order valence-electron chi connectivity index (χ3n) is 1.47. The third kappa shape index (κ3) is 4.92. The molecule has 1 heterocycles. The molecule has 0 aliphatic rings. The maximum atomic E-state index is 11.2. The summed E-state index contributed by atoms with van der Waals surface area (Å²) in [5.74, 6) is 0. The molecule has 6 heteroatoms. The van der Waals surface area contributed by atoms with Crippen LogP contribution in [0.15, 0.2) is 31.0 Å². The van der Waals surface area contributed by atoms with Crippen LogP contribution in [0.2, 0.25) is 0 Å². The van der Waals surface area contributed by atoms with E-state index in [2.05, 4.69) is 26.8 Å². The Balaban J connectivity index is 2.14. The summed E-state index contributed by atoms with van der Waals surface area (Å²) >= 11 is 1.14. The molecule has 2 amide bonds. The largest absolute Gasteiger partial charge is 0.338 e. The Labute approximate surface area is 92.1 Å². The zero-order valence-electron chi connectivity index (χ0n) is 8.14. The van der Waals surface area contributed by atoms with Gasteiger partial charge < -0.3 is 5.32 Å². The Morgan fingerprint density at radius 3 is 3.20 bits per heavy atom. The average molecular weight is 224 g/mol. The molecule has 2 N–H and O–H groups in total. The van der Waals surface area contributed by atoms with Gasteiger partial charge in [0.15, 0.2) is 0 Å². The molecule has 0 radical (unpaired) electrons. The number of rotatable bonds is 5. The van der Waals surface area contributed by atoms with Crippen LogP contribution in [-0.2, 0) is 0 Å². The summed E-state index contributed by atoms with van der Waals surface area (Å²) in [4.78, 5) is 11.2. The molecule has 0 unspecified atom stereocenters. The predicted octanol–water partition coefficient (Wildman–Crippen LogP) is 1.79. The molecular formula is C9H12N4OS. The first-order valence-corrected chi connectivity index (χ1v) is 5.20. The van der Waals surface area contributed by atoms with Gasteiger partial charge in [0.05, 0.1) is 6.20 Å². The number of hydrogen-bond donors (Lipinski definition) is 2. The lowest BCUT2D eigenvalue weighted by atomic mass is 10.4. The molecule has 0 aliphatic carbocycles. The smallest absolute Gasteiger partial charge is 0.319 e. The van der Waals surface area contributed by atoms with E-state index in [0.29, 0.717) is 11.5 Å². The Hall–Kier alpha value is -1.69. The van der Waals surface area contributed by atoms with E-state index in [4.69, 9.17) is 0 Å². The minimum Gasteiger partial charge on any atom is -0.338 e. The highest BCUT2D eigenvalue weighted by Gasteiger charge is 2.01. The maximum absolute atomic E-state index is 11.2. The maximum Gasteiger partial charge on any atom is 0.319 e. The summed E-state index contributed by atoms with van der Waals surface area (Å²) in [5.41, 5.74) is 0. The molecule has 5 nitrogen and oxygen atoms in total. The normalized spacial score (nSPS) is 10.1. The quantitative estimate of drug-likeness (QED) is 0.592. The number of allylic oxidation sites excluding steroid dienone is 2. The first-order valence-electron chi connectivity index (χ1n) is 4.42. The minimum absolute atomic E-state index is 0.243. The van der Waals surface area contributed by atoms with Crippen LogP contribution < -0.4 is 10.6 Å². The first kappa shape index (κ1) is 11.4. The molecule has 1 aromatic heterocycles. The number of carbonyl (C=O) groups excluding carboxylic acids is 1. The third-order valence-corrected chi connectivity index (χ3v) is 2.05. The summed E-state index contributed by atoms with van der Waals surface area (Å²) in [6.45, 7) is 4.13. The Kier molecular flexibility index (Phi) is 5.10. The highest BCUT2D eigenvalue weighted by atomic mass is 32.1. The van der Waals surface area contributed by atoms with E-state index in [9.17, 15) is 4.79 Å². The zero-order chi connectivity index (χ0) is 10.9. The van der Waals surface area contributed by atoms with Crippen LogP contribution in [0.3, 0.4) is 0 Å². The second-order valence-electron chi connectivity index (χ2n) is 2.62. The molecule has 0 aliphatic heterocycles. The summed E-state index contributed by atoms with van der Waals surface area (Å²) in [6.07, 6.45) is 7.75. The topological polar surface area (TPSA) is 66.9 Å². The molecule has 0 fully saturated rings. The van der Waals surface area contributed by atoms with Gasteiger partial charge in [-0.1, -0.05) is 29.3 Å². The van der Waals surface area contributed by atoms with Gasteiger partial charge in [-0.25, -0.2) is 4.79 Å². The molecule has 1 rings (SSSR count). The number of hydrogen-bond acceptors (Lipinski definition) is 4. The molecular weight excluding hydrogens is 212 g/mol. The lowest BCUT2D eigenvalue weighted by Gasteiger charge is -2.02. The summed E-state index contributed by atoms with van der Waals surface area (Å²) < 4.78 is 3.62. The Morgan fingerprint density at radius 1 is 1.67 bits per heavy atom. The van der Waals surface area contributed by atoms with Gasteiger partial charge in [-0.2, -0.15) is 0 Å². The van der Waals surface area contributed by atoms with Gasteiger partial charge >= 0.3 is 6.03 Å². The van der Waals surface area contributed by atoms with Crippen LogP contribution in [0.5, 0.6) is 0 Å². The zero-order valence-corrected chi connectivity index (χ0v) is 8.96. The van der Waals surface area contributed by atoms with Gasteiger partial charge in [-0.05, 0) is 6.42 Å². The van der Waals surface area contributed by atoms with E-state index in [0.717, 1.165) is 18.0 Å². The van der Waals surface area contributed by atoms with Crippen LogP contribution in [-0.4, -0.2) is 22.2 Å². The van der Waals surface area contributed by atoms with Crippen molar-refractivity contribution in [1.82, 2.24) is 14.9 Å². The molecule has 0 aromatic carbocycles. The van der Waals surface area contributed by atoms with Crippen molar-refractivity contribution >= 4 is 22.6 Å². The second kappa shape index (κ2) is 6.72. The van der Waals surface area contributed by atoms with Crippen molar-refractivity contribution < 1.29 is 4.79 Å². The van der Waals surface area contributed by atoms with Crippen molar-refractivity contribution in [1.29, 1.82) is 0 Å². The fraction of sp³-hybridized carbons (Fsp3) is 0.222. The van der Waals surface area contributed by atoms with E-state index in [1.807, 2.05) is 12.2 Å². The van der Waals surface area contributed by atoms with Crippen LogP contribution in [0.1, 0.15) is 6.42 Å². The van der Waals surface area contributed by atoms with Gasteiger partial charge in [-0.15, -0.1) is 5.10 Å². The number of anilines is 1. The summed E-state index contributed by atoms with van der Waals surface area (Å²) in [7, 11) is 0. The lowest BCUT2D eigenvalue weighted by Crippen LogP contribution is -2.28. The van der Waals surface area contributed by atoms with Crippen molar-refractivity contribution in [3.8, 4) is 0 Å².